The second kappa shape index (κ2) is 14.1. The number of nitrogens with zero attached hydrogens (tertiary/aromatic N) is 2. The quantitative estimate of drug-likeness (QED) is 0.148. The summed E-state index contributed by atoms with van der Waals surface area (Å²) >= 11 is 7.67. The lowest BCUT2D eigenvalue weighted by Crippen LogP contribution is -2.40. The number of rotatable bonds is 10. The zero-order valence-electron chi connectivity index (χ0n) is 27.3. The Kier molecular flexibility index (Phi) is 9.71. The van der Waals surface area contributed by atoms with Crippen molar-refractivity contribution in [2.75, 3.05) is 13.7 Å². The van der Waals surface area contributed by atoms with E-state index in [1.165, 1.54) is 15.9 Å². The van der Waals surface area contributed by atoms with E-state index >= 15 is 0 Å². The summed E-state index contributed by atoms with van der Waals surface area (Å²) in [5.74, 6) is 1.06. The van der Waals surface area contributed by atoms with E-state index in [4.69, 9.17) is 35.5 Å². The fourth-order valence-corrected chi connectivity index (χ4v) is 7.01. The van der Waals surface area contributed by atoms with Crippen LogP contribution in [-0.2, 0) is 16.1 Å². The summed E-state index contributed by atoms with van der Waals surface area (Å²) < 4.78 is 25.3. The molecule has 6 rings (SSSR count). The van der Waals surface area contributed by atoms with Crippen molar-refractivity contribution in [3.8, 4) is 17.2 Å². The van der Waals surface area contributed by atoms with Crippen LogP contribution in [0.5, 0.6) is 17.2 Å². The van der Waals surface area contributed by atoms with Crippen molar-refractivity contribution in [2.24, 2.45) is 4.99 Å². The van der Waals surface area contributed by atoms with E-state index in [0.29, 0.717) is 55.0 Å². The standard InChI is InChI=1S/C38H35ClN2O6S/c1-6-45-37(43)34-23(4)40-38-41(35(34)25-14-16-31(47-22(2)3)32(19-25)44-5)36(42)33(48-38)20-27-18-28(39)15-17-30(27)46-21-26-12-9-11-24-10-7-8-13-29(24)26/h7-20,22,35H,6,21H2,1-5H3/b33-20+/t35-/m0/s1. The fourth-order valence-electron chi connectivity index (χ4n) is 5.79. The lowest BCUT2D eigenvalue weighted by atomic mass is 9.95. The molecule has 2 heterocycles. The third kappa shape index (κ3) is 6.61. The molecule has 0 saturated carbocycles. The number of thiazole rings is 1. The number of esters is 1. The molecule has 1 aromatic heterocycles. The largest absolute Gasteiger partial charge is 0.493 e. The van der Waals surface area contributed by atoms with Gasteiger partial charge in [-0.3, -0.25) is 9.36 Å². The number of hydrogen-bond acceptors (Lipinski definition) is 8. The number of carbonyl (C=O) groups is 1. The molecule has 1 aliphatic rings. The molecule has 246 valence electrons. The molecular formula is C38H35ClN2O6S. The maximum Gasteiger partial charge on any atom is 0.338 e. The van der Waals surface area contributed by atoms with Crippen LogP contribution in [0, 0.1) is 0 Å². The Bertz CT molecular complexity index is 2230. The van der Waals surface area contributed by atoms with Crippen molar-refractivity contribution < 1.29 is 23.7 Å². The van der Waals surface area contributed by atoms with Crippen molar-refractivity contribution in [1.82, 2.24) is 4.57 Å². The van der Waals surface area contributed by atoms with E-state index in [1.54, 1.807) is 57.4 Å². The third-order valence-electron chi connectivity index (χ3n) is 7.90. The van der Waals surface area contributed by atoms with Crippen molar-refractivity contribution in [2.45, 2.75) is 46.4 Å². The van der Waals surface area contributed by atoms with E-state index in [1.807, 2.05) is 44.2 Å². The molecule has 5 aromatic rings. The van der Waals surface area contributed by atoms with Crippen LogP contribution in [0.1, 0.15) is 50.4 Å². The summed E-state index contributed by atoms with van der Waals surface area (Å²) in [4.78, 5) is 32.8. The summed E-state index contributed by atoms with van der Waals surface area (Å²) in [5.41, 5.74) is 2.75. The number of aromatic nitrogens is 1. The van der Waals surface area contributed by atoms with Crippen LogP contribution in [0.4, 0.5) is 0 Å². The molecule has 0 fully saturated rings. The van der Waals surface area contributed by atoms with E-state index in [2.05, 4.69) is 18.2 Å². The lowest BCUT2D eigenvalue weighted by Gasteiger charge is -2.25. The highest BCUT2D eigenvalue weighted by Gasteiger charge is 2.34. The Morgan fingerprint density at radius 2 is 1.79 bits per heavy atom. The summed E-state index contributed by atoms with van der Waals surface area (Å²) in [5, 5.41) is 2.74. The first-order chi connectivity index (χ1) is 23.2. The molecular weight excluding hydrogens is 648 g/mol. The highest BCUT2D eigenvalue weighted by atomic mass is 35.5. The minimum absolute atomic E-state index is 0.0768. The molecule has 0 unspecified atom stereocenters. The van der Waals surface area contributed by atoms with Gasteiger partial charge in [0, 0.05) is 10.6 Å². The van der Waals surface area contributed by atoms with Gasteiger partial charge in [-0.15, -0.1) is 0 Å². The van der Waals surface area contributed by atoms with Crippen LogP contribution >= 0.6 is 22.9 Å². The Balaban J connectivity index is 1.45. The van der Waals surface area contributed by atoms with Gasteiger partial charge in [0.1, 0.15) is 12.4 Å². The van der Waals surface area contributed by atoms with Crippen LogP contribution in [0.2, 0.25) is 5.02 Å². The van der Waals surface area contributed by atoms with Gasteiger partial charge in [-0.1, -0.05) is 71.5 Å². The van der Waals surface area contributed by atoms with Crippen molar-refractivity contribution in [1.29, 1.82) is 0 Å². The number of hydrogen-bond donors (Lipinski definition) is 0. The number of allylic oxidation sites excluding steroid dienone is 1. The molecule has 10 heteroatoms. The third-order valence-corrected chi connectivity index (χ3v) is 9.12. The first kappa shape index (κ1) is 33.1. The lowest BCUT2D eigenvalue weighted by molar-refractivity contribution is -0.139. The number of ether oxygens (including phenoxy) is 4. The molecule has 48 heavy (non-hydrogen) atoms. The zero-order valence-corrected chi connectivity index (χ0v) is 28.9. The number of methoxy groups -OCH3 is 1. The smallest absolute Gasteiger partial charge is 0.338 e. The molecule has 0 N–H and O–H groups in total. The number of fused-ring (bicyclic) bond motifs is 2. The summed E-state index contributed by atoms with van der Waals surface area (Å²) in [6, 6.07) is 24.2. The van der Waals surface area contributed by atoms with Gasteiger partial charge in [0.15, 0.2) is 16.3 Å². The van der Waals surface area contributed by atoms with Gasteiger partial charge >= 0.3 is 5.97 Å². The van der Waals surface area contributed by atoms with Crippen molar-refractivity contribution in [3.63, 3.8) is 0 Å². The van der Waals surface area contributed by atoms with Gasteiger partial charge in [-0.05, 0) is 86.0 Å². The highest BCUT2D eigenvalue weighted by Crippen LogP contribution is 2.36. The van der Waals surface area contributed by atoms with Gasteiger partial charge in [0.25, 0.3) is 5.56 Å². The maximum absolute atomic E-state index is 14.3. The SMILES string of the molecule is CCOC(=O)C1=C(C)N=c2s/c(=C/c3cc(Cl)ccc3OCc3cccc4ccccc34)c(=O)n2[C@H]1c1ccc(OC(C)C)c(OC)c1. The van der Waals surface area contributed by atoms with E-state index < -0.39 is 12.0 Å². The van der Waals surface area contributed by atoms with E-state index in [-0.39, 0.29) is 23.8 Å². The molecule has 1 atom stereocenters. The summed E-state index contributed by atoms with van der Waals surface area (Å²) in [6.07, 6.45) is 1.68. The molecule has 0 saturated heterocycles. The Hall–Kier alpha value is -4.86. The molecule has 4 aromatic carbocycles. The molecule has 0 radical (unpaired) electrons. The van der Waals surface area contributed by atoms with E-state index in [0.717, 1.165) is 16.3 Å². The van der Waals surface area contributed by atoms with E-state index in [9.17, 15) is 9.59 Å². The first-order valence-electron chi connectivity index (χ1n) is 15.6. The molecule has 8 nitrogen and oxygen atoms in total. The van der Waals surface area contributed by atoms with Gasteiger partial charge in [0.2, 0.25) is 0 Å². The number of benzene rings is 4. The summed E-state index contributed by atoms with van der Waals surface area (Å²) in [6.45, 7) is 7.84. The van der Waals surface area contributed by atoms with Crippen LogP contribution < -0.4 is 29.1 Å². The minimum Gasteiger partial charge on any atom is -0.493 e. The normalized spacial score (nSPS) is 14.6. The van der Waals surface area contributed by atoms with Crippen LogP contribution in [0.15, 0.2) is 99.9 Å². The van der Waals surface area contributed by atoms with Crippen molar-refractivity contribution in [3.05, 3.63) is 132 Å². The maximum atomic E-state index is 14.3. The van der Waals surface area contributed by atoms with Gasteiger partial charge < -0.3 is 18.9 Å². The predicted octanol–water partition coefficient (Wildman–Crippen LogP) is 6.98. The van der Waals surface area contributed by atoms with Gasteiger partial charge in [-0.25, -0.2) is 9.79 Å². The zero-order chi connectivity index (χ0) is 33.9. The minimum atomic E-state index is -0.814. The van der Waals surface area contributed by atoms with Gasteiger partial charge in [0.05, 0.1) is 41.7 Å². The van der Waals surface area contributed by atoms with Crippen molar-refractivity contribution >= 4 is 45.8 Å². The average molecular weight is 683 g/mol. The number of halogens is 1. The Morgan fingerprint density at radius 3 is 2.56 bits per heavy atom. The first-order valence-corrected chi connectivity index (χ1v) is 16.8. The van der Waals surface area contributed by atoms with Crippen LogP contribution in [0.25, 0.3) is 16.8 Å². The predicted molar refractivity (Wildman–Crippen MR) is 189 cm³/mol. The molecule has 0 bridgehead atoms. The second-order valence-corrected chi connectivity index (χ2v) is 12.9. The molecule has 1 aliphatic heterocycles. The topological polar surface area (TPSA) is 88.4 Å². The van der Waals surface area contributed by atoms with Crippen LogP contribution in [0.3, 0.4) is 0 Å². The molecule has 0 amide bonds. The second-order valence-electron chi connectivity index (χ2n) is 11.5. The van der Waals surface area contributed by atoms with Crippen LogP contribution in [-0.4, -0.2) is 30.4 Å². The monoisotopic (exact) mass is 682 g/mol. The molecule has 0 spiro atoms. The number of carbonyl (C=O) groups excluding carboxylic acids is 1. The van der Waals surface area contributed by atoms with Gasteiger partial charge in [-0.2, -0.15) is 0 Å². The Morgan fingerprint density at radius 1 is 1.02 bits per heavy atom. The highest BCUT2D eigenvalue weighted by molar-refractivity contribution is 7.07. The average Bonchev–Trinajstić information content (AvgIpc) is 3.37. The fraction of sp³-hybridized carbons (Fsp3) is 0.237. The molecule has 0 aliphatic carbocycles. The summed E-state index contributed by atoms with van der Waals surface area (Å²) in [7, 11) is 1.55. The Labute approximate surface area is 287 Å².